The van der Waals surface area contributed by atoms with E-state index in [-0.39, 0.29) is 17.3 Å². The SMILES string of the molecule is C[C@H]1/C=C\C[C@H](O)[C@@H]2CC[C@H]2CN2C[C@@]3(CCCc4cc(Cl)ccc43)COc3ccc(cc32)C(=O)NS(=O)(=O)[C@H]1CC1CC1. The van der Waals surface area contributed by atoms with Crippen LogP contribution < -0.4 is 14.4 Å². The normalized spacial score (nSPS) is 34.0. The summed E-state index contributed by atoms with van der Waals surface area (Å²) in [5.41, 5.74) is 3.39. The number of amides is 1. The van der Waals surface area contributed by atoms with Crippen LogP contribution in [-0.2, 0) is 21.9 Å². The zero-order valence-corrected chi connectivity index (χ0v) is 27.0. The molecule has 2 aliphatic heterocycles. The Kier molecular flexibility index (Phi) is 7.99. The molecule has 44 heavy (non-hydrogen) atoms. The minimum atomic E-state index is -3.94. The smallest absolute Gasteiger partial charge is 0.264 e. The number of ether oxygens (including phenoxy) is 1. The van der Waals surface area contributed by atoms with Gasteiger partial charge in [0.05, 0.1) is 23.6 Å². The molecule has 0 saturated heterocycles. The molecule has 7 nitrogen and oxygen atoms in total. The third kappa shape index (κ3) is 5.78. The van der Waals surface area contributed by atoms with Crippen LogP contribution in [0.15, 0.2) is 48.6 Å². The highest BCUT2D eigenvalue weighted by molar-refractivity contribution is 7.90. The van der Waals surface area contributed by atoms with Crippen molar-refractivity contribution in [2.45, 2.75) is 81.5 Å². The Bertz CT molecular complexity index is 1570. The number of aryl methyl sites for hydroxylation is 1. The van der Waals surface area contributed by atoms with Gasteiger partial charge < -0.3 is 14.7 Å². The Balaban J connectivity index is 1.28. The molecule has 3 aliphatic carbocycles. The van der Waals surface area contributed by atoms with Gasteiger partial charge in [-0.3, -0.25) is 4.79 Å². The predicted octanol–water partition coefficient (Wildman–Crippen LogP) is 6.02. The molecule has 7 rings (SSSR count). The lowest BCUT2D eigenvalue weighted by Gasteiger charge is -2.45. The highest BCUT2D eigenvalue weighted by Crippen LogP contribution is 2.47. The van der Waals surface area contributed by atoms with E-state index in [9.17, 15) is 18.3 Å². The summed E-state index contributed by atoms with van der Waals surface area (Å²) in [5, 5.41) is 11.3. The van der Waals surface area contributed by atoms with Crippen molar-refractivity contribution in [3.8, 4) is 5.75 Å². The average molecular weight is 639 g/mol. The van der Waals surface area contributed by atoms with E-state index in [2.05, 4.69) is 21.8 Å². The molecule has 1 spiro atoms. The van der Waals surface area contributed by atoms with Crippen molar-refractivity contribution < 1.29 is 23.1 Å². The third-order valence-corrected chi connectivity index (χ3v) is 13.1. The van der Waals surface area contributed by atoms with Crippen LogP contribution in [0.25, 0.3) is 0 Å². The molecule has 2 saturated carbocycles. The number of carbonyl (C=O) groups is 1. The van der Waals surface area contributed by atoms with Crippen molar-refractivity contribution in [3.63, 3.8) is 0 Å². The Morgan fingerprint density at radius 3 is 2.75 bits per heavy atom. The summed E-state index contributed by atoms with van der Waals surface area (Å²) in [6.07, 6.45) is 11.5. The van der Waals surface area contributed by atoms with Crippen LogP contribution in [0.3, 0.4) is 0 Å². The van der Waals surface area contributed by atoms with E-state index in [1.54, 1.807) is 12.1 Å². The number of allylic oxidation sites excluding steroid dienone is 1. The Hall–Kier alpha value is -2.55. The van der Waals surface area contributed by atoms with Crippen LogP contribution in [0.1, 0.15) is 79.8 Å². The molecule has 2 bridgehead atoms. The van der Waals surface area contributed by atoms with Gasteiger partial charge >= 0.3 is 0 Å². The van der Waals surface area contributed by atoms with Gasteiger partial charge in [0.15, 0.2) is 0 Å². The number of aliphatic hydroxyl groups excluding tert-OH is 1. The van der Waals surface area contributed by atoms with Gasteiger partial charge in [-0.15, -0.1) is 0 Å². The van der Waals surface area contributed by atoms with E-state index < -0.39 is 27.3 Å². The largest absolute Gasteiger partial charge is 0.490 e. The molecule has 1 amide bonds. The quantitative estimate of drug-likeness (QED) is 0.391. The molecule has 2 heterocycles. The Morgan fingerprint density at radius 1 is 1.14 bits per heavy atom. The summed E-state index contributed by atoms with van der Waals surface area (Å²) in [6.45, 7) is 3.85. The van der Waals surface area contributed by atoms with Gasteiger partial charge in [-0.1, -0.05) is 49.6 Å². The molecular weight excluding hydrogens is 596 g/mol. The second kappa shape index (κ2) is 11.7. The maximum absolute atomic E-state index is 13.7. The topological polar surface area (TPSA) is 95.9 Å². The molecule has 2 fully saturated rings. The molecule has 5 aliphatic rings. The number of hydrogen-bond donors (Lipinski definition) is 2. The number of rotatable bonds is 2. The Labute approximate surface area is 266 Å². The lowest BCUT2D eigenvalue weighted by molar-refractivity contribution is 0.0177. The van der Waals surface area contributed by atoms with E-state index in [0.29, 0.717) is 49.1 Å². The predicted molar refractivity (Wildman–Crippen MR) is 173 cm³/mol. The van der Waals surface area contributed by atoms with Gasteiger partial charge in [0, 0.05) is 29.1 Å². The monoisotopic (exact) mass is 638 g/mol. The molecule has 2 N–H and O–H groups in total. The van der Waals surface area contributed by atoms with Gasteiger partial charge in [0.25, 0.3) is 5.91 Å². The van der Waals surface area contributed by atoms with E-state index in [1.807, 2.05) is 31.2 Å². The summed E-state index contributed by atoms with van der Waals surface area (Å²) in [5.74, 6) is 0.662. The number of benzene rings is 2. The van der Waals surface area contributed by atoms with Crippen LogP contribution in [0.5, 0.6) is 5.75 Å². The summed E-state index contributed by atoms with van der Waals surface area (Å²) < 4.78 is 36.4. The lowest BCUT2D eigenvalue weighted by Crippen LogP contribution is -2.49. The first-order chi connectivity index (χ1) is 21.1. The fraction of sp³-hybridized carbons (Fsp3) is 0.571. The summed E-state index contributed by atoms with van der Waals surface area (Å²) in [6, 6.07) is 11.5. The number of nitrogens with one attached hydrogen (secondary N) is 1. The van der Waals surface area contributed by atoms with E-state index in [4.69, 9.17) is 16.3 Å². The number of fused-ring (bicyclic) bond motifs is 4. The van der Waals surface area contributed by atoms with E-state index >= 15 is 0 Å². The number of aliphatic hydroxyl groups is 1. The maximum atomic E-state index is 13.7. The van der Waals surface area contributed by atoms with E-state index in [1.165, 1.54) is 11.1 Å². The number of carbonyl (C=O) groups excluding carboxylic acids is 1. The standard InChI is InChI=1S/C35H43ClN2O5S/c1-22-4-2-6-31(39)28-12-9-26(28)19-38-20-35(15-3-5-24-17-27(36)11-13-29(24)35)21-43-32-14-10-25(18-30(32)38)34(40)37-44(41,42)33(22)16-23-7-8-23/h2,4,10-11,13-14,17-18,22-23,26,28,31,33,39H,3,5-9,12,15-16,19-21H2,1H3,(H,37,40)/b4-2-/t22-,26-,28+,31-,33-,35-/m0/s1. The lowest BCUT2D eigenvalue weighted by atomic mass is 9.68. The molecule has 0 unspecified atom stereocenters. The van der Waals surface area contributed by atoms with Gasteiger partial charge in [-0.2, -0.15) is 0 Å². The van der Waals surface area contributed by atoms with Crippen LogP contribution in [-0.4, -0.2) is 50.5 Å². The number of sulfonamides is 1. The summed E-state index contributed by atoms with van der Waals surface area (Å²) in [4.78, 5) is 15.9. The molecule has 6 atom stereocenters. The number of halogens is 1. The average Bonchev–Trinajstić information content (AvgIpc) is 3.81. The van der Waals surface area contributed by atoms with Crippen LogP contribution in [0.4, 0.5) is 5.69 Å². The minimum absolute atomic E-state index is 0.168. The van der Waals surface area contributed by atoms with Gasteiger partial charge in [0.1, 0.15) is 5.75 Å². The van der Waals surface area contributed by atoms with Crippen molar-refractivity contribution in [2.75, 3.05) is 24.6 Å². The fourth-order valence-corrected chi connectivity index (χ4v) is 10.1. The number of anilines is 1. The Morgan fingerprint density at radius 2 is 1.98 bits per heavy atom. The van der Waals surface area contributed by atoms with Crippen LogP contribution >= 0.6 is 11.6 Å². The zero-order chi connectivity index (χ0) is 30.6. The minimum Gasteiger partial charge on any atom is -0.490 e. The first-order valence-electron chi connectivity index (χ1n) is 16.3. The van der Waals surface area contributed by atoms with Crippen molar-refractivity contribution in [1.82, 2.24) is 4.72 Å². The fourth-order valence-electron chi connectivity index (χ4n) is 8.17. The van der Waals surface area contributed by atoms with Crippen LogP contribution in [0.2, 0.25) is 5.02 Å². The molecule has 2 aromatic rings. The zero-order valence-electron chi connectivity index (χ0n) is 25.4. The highest BCUT2D eigenvalue weighted by Gasteiger charge is 2.44. The number of hydrogen-bond acceptors (Lipinski definition) is 6. The van der Waals surface area contributed by atoms with Crippen molar-refractivity contribution in [1.29, 1.82) is 0 Å². The first-order valence-corrected chi connectivity index (χ1v) is 18.3. The summed E-state index contributed by atoms with van der Waals surface area (Å²) >= 11 is 6.41. The molecule has 236 valence electrons. The van der Waals surface area contributed by atoms with Gasteiger partial charge in [-0.25, -0.2) is 13.1 Å². The molecule has 0 radical (unpaired) electrons. The number of nitrogens with zero attached hydrogens (tertiary/aromatic N) is 1. The first kappa shape index (κ1) is 30.1. The van der Waals surface area contributed by atoms with Crippen molar-refractivity contribution in [3.05, 3.63) is 70.3 Å². The summed E-state index contributed by atoms with van der Waals surface area (Å²) in [7, 11) is -3.94. The van der Waals surface area contributed by atoms with Gasteiger partial charge in [-0.05, 0) is 110 Å². The molecular formula is C35H43ClN2O5S. The second-order valence-corrected chi connectivity index (χ2v) is 16.4. The van der Waals surface area contributed by atoms with Crippen LogP contribution in [0, 0.1) is 23.7 Å². The van der Waals surface area contributed by atoms with E-state index in [0.717, 1.165) is 62.2 Å². The highest BCUT2D eigenvalue weighted by atomic mass is 35.5. The van der Waals surface area contributed by atoms with Crippen molar-refractivity contribution >= 4 is 33.2 Å². The molecule has 0 aromatic heterocycles. The third-order valence-electron chi connectivity index (χ3n) is 11.0. The maximum Gasteiger partial charge on any atom is 0.264 e. The van der Waals surface area contributed by atoms with Crippen molar-refractivity contribution in [2.24, 2.45) is 23.7 Å². The molecule has 2 aromatic carbocycles. The van der Waals surface area contributed by atoms with Gasteiger partial charge in [0.2, 0.25) is 10.0 Å². The second-order valence-electron chi connectivity index (χ2n) is 14.1. The molecule has 9 heteroatoms.